The van der Waals surface area contributed by atoms with Gasteiger partial charge in [-0.3, -0.25) is 4.79 Å². The molecule has 3 atom stereocenters. The van der Waals surface area contributed by atoms with Crippen LogP contribution in [0, 0.1) is 18.8 Å². The molecule has 26 heavy (non-hydrogen) atoms. The first kappa shape index (κ1) is 18.7. The second kappa shape index (κ2) is 8.54. The molecule has 0 spiro atoms. The molecule has 6 nitrogen and oxygen atoms in total. The number of nitrogens with zero attached hydrogens (tertiary/aromatic N) is 1. The number of carbonyl (C=O) groups excluding carboxylic acids is 2. The van der Waals surface area contributed by atoms with E-state index in [-0.39, 0.29) is 23.9 Å². The van der Waals surface area contributed by atoms with E-state index in [9.17, 15) is 9.59 Å². The van der Waals surface area contributed by atoms with Crippen LogP contribution in [0.4, 0.5) is 10.5 Å². The van der Waals surface area contributed by atoms with Gasteiger partial charge in [-0.1, -0.05) is 17.7 Å². The third-order valence-electron chi connectivity index (χ3n) is 5.51. The van der Waals surface area contributed by atoms with Crippen molar-refractivity contribution in [3.8, 4) is 0 Å². The van der Waals surface area contributed by atoms with Gasteiger partial charge in [-0.15, -0.1) is 0 Å². The Kier molecular flexibility index (Phi) is 6.14. The lowest BCUT2D eigenvalue weighted by atomic mass is 9.96. The highest BCUT2D eigenvalue weighted by molar-refractivity contribution is 5.89. The Hall–Kier alpha value is -2.08. The van der Waals surface area contributed by atoms with Gasteiger partial charge in [-0.05, 0) is 57.1 Å². The minimum absolute atomic E-state index is 0.0987. The summed E-state index contributed by atoms with van der Waals surface area (Å²) in [4.78, 5) is 26.7. The van der Waals surface area contributed by atoms with Crippen LogP contribution in [0.2, 0.25) is 0 Å². The Bertz CT molecular complexity index is 631. The SMILES string of the molecule is Cc1ccc(NC(=O)NCC2CCCN(C(=O)C3CCC(N)C3)C2)cc1. The van der Waals surface area contributed by atoms with Crippen molar-refractivity contribution in [2.24, 2.45) is 17.6 Å². The first-order chi connectivity index (χ1) is 12.5. The summed E-state index contributed by atoms with van der Waals surface area (Å²) in [6.45, 7) is 4.16. The van der Waals surface area contributed by atoms with Crippen LogP contribution >= 0.6 is 0 Å². The first-order valence-corrected chi connectivity index (χ1v) is 9.67. The Balaban J connectivity index is 1.43. The predicted molar refractivity (Wildman–Crippen MR) is 103 cm³/mol. The van der Waals surface area contributed by atoms with Crippen LogP contribution in [-0.4, -0.2) is 42.5 Å². The number of nitrogens with one attached hydrogen (secondary N) is 2. The van der Waals surface area contributed by atoms with E-state index in [0.717, 1.165) is 56.4 Å². The van der Waals surface area contributed by atoms with Gasteiger partial charge in [0.15, 0.2) is 0 Å². The molecule has 0 radical (unpaired) electrons. The van der Waals surface area contributed by atoms with Crippen molar-refractivity contribution >= 4 is 17.6 Å². The highest BCUT2D eigenvalue weighted by atomic mass is 16.2. The number of anilines is 1. The number of piperidine rings is 1. The molecule has 142 valence electrons. The summed E-state index contributed by atoms with van der Waals surface area (Å²) < 4.78 is 0. The molecule has 1 saturated carbocycles. The van der Waals surface area contributed by atoms with Crippen molar-refractivity contribution in [2.75, 3.05) is 25.0 Å². The average molecular weight is 358 g/mol. The van der Waals surface area contributed by atoms with Gasteiger partial charge in [0.25, 0.3) is 0 Å². The van der Waals surface area contributed by atoms with Crippen LogP contribution in [0.1, 0.15) is 37.7 Å². The van der Waals surface area contributed by atoms with Gasteiger partial charge in [0, 0.05) is 37.3 Å². The number of hydrogen-bond donors (Lipinski definition) is 3. The van der Waals surface area contributed by atoms with Crippen molar-refractivity contribution in [3.05, 3.63) is 29.8 Å². The Labute approximate surface area is 155 Å². The third kappa shape index (κ3) is 4.97. The summed E-state index contributed by atoms with van der Waals surface area (Å²) >= 11 is 0. The molecule has 1 heterocycles. The summed E-state index contributed by atoms with van der Waals surface area (Å²) in [5, 5.41) is 5.79. The Morgan fingerprint density at radius 2 is 1.96 bits per heavy atom. The van der Waals surface area contributed by atoms with E-state index in [2.05, 4.69) is 10.6 Å². The van der Waals surface area contributed by atoms with Gasteiger partial charge < -0.3 is 21.3 Å². The van der Waals surface area contributed by atoms with Crippen LogP contribution in [-0.2, 0) is 4.79 Å². The minimum atomic E-state index is -0.195. The van der Waals surface area contributed by atoms with Crippen LogP contribution in [0.15, 0.2) is 24.3 Å². The molecule has 1 aromatic carbocycles. The van der Waals surface area contributed by atoms with E-state index >= 15 is 0 Å². The maximum absolute atomic E-state index is 12.7. The molecule has 3 rings (SSSR count). The van der Waals surface area contributed by atoms with Gasteiger partial charge in [-0.25, -0.2) is 4.79 Å². The number of hydrogen-bond acceptors (Lipinski definition) is 3. The van der Waals surface area contributed by atoms with Gasteiger partial charge in [0.1, 0.15) is 0 Å². The van der Waals surface area contributed by atoms with Crippen LogP contribution in [0.25, 0.3) is 0 Å². The fourth-order valence-corrected chi connectivity index (χ4v) is 3.98. The average Bonchev–Trinajstić information content (AvgIpc) is 3.08. The largest absolute Gasteiger partial charge is 0.342 e. The number of likely N-dealkylation sites (tertiary alicyclic amines) is 1. The number of rotatable bonds is 4. The summed E-state index contributed by atoms with van der Waals surface area (Å²) in [7, 11) is 0. The molecular formula is C20H30N4O2. The lowest BCUT2D eigenvalue weighted by Crippen LogP contribution is -2.46. The van der Waals surface area contributed by atoms with Crippen molar-refractivity contribution in [1.82, 2.24) is 10.2 Å². The molecule has 2 fully saturated rings. The van der Waals surface area contributed by atoms with E-state index in [1.165, 1.54) is 0 Å². The fourth-order valence-electron chi connectivity index (χ4n) is 3.98. The summed E-state index contributed by atoms with van der Waals surface area (Å²) in [6, 6.07) is 7.70. The first-order valence-electron chi connectivity index (χ1n) is 9.67. The van der Waals surface area contributed by atoms with E-state index in [0.29, 0.717) is 12.5 Å². The van der Waals surface area contributed by atoms with Crippen LogP contribution in [0.5, 0.6) is 0 Å². The molecule has 6 heteroatoms. The van der Waals surface area contributed by atoms with Crippen LogP contribution < -0.4 is 16.4 Å². The lowest BCUT2D eigenvalue weighted by molar-refractivity contribution is -0.137. The molecule has 1 saturated heterocycles. The van der Waals surface area contributed by atoms with E-state index < -0.39 is 0 Å². The van der Waals surface area contributed by atoms with Crippen molar-refractivity contribution in [1.29, 1.82) is 0 Å². The molecular weight excluding hydrogens is 328 g/mol. The highest BCUT2D eigenvalue weighted by Gasteiger charge is 2.33. The molecule has 0 aromatic heterocycles. The van der Waals surface area contributed by atoms with E-state index in [1.807, 2.05) is 36.1 Å². The van der Waals surface area contributed by atoms with Crippen molar-refractivity contribution < 1.29 is 9.59 Å². The predicted octanol–water partition coefficient (Wildman–Crippen LogP) is 2.48. The zero-order valence-corrected chi connectivity index (χ0v) is 15.5. The smallest absolute Gasteiger partial charge is 0.319 e. The number of carbonyl (C=O) groups is 2. The summed E-state index contributed by atoms with van der Waals surface area (Å²) in [5.41, 5.74) is 7.89. The minimum Gasteiger partial charge on any atom is -0.342 e. The van der Waals surface area contributed by atoms with Crippen LogP contribution in [0.3, 0.4) is 0 Å². The van der Waals surface area contributed by atoms with Crippen molar-refractivity contribution in [3.63, 3.8) is 0 Å². The second-order valence-electron chi connectivity index (χ2n) is 7.76. The molecule has 3 unspecified atom stereocenters. The third-order valence-corrected chi connectivity index (χ3v) is 5.51. The fraction of sp³-hybridized carbons (Fsp3) is 0.600. The van der Waals surface area contributed by atoms with Gasteiger partial charge >= 0.3 is 6.03 Å². The lowest BCUT2D eigenvalue weighted by Gasteiger charge is -2.34. The van der Waals surface area contributed by atoms with Gasteiger partial charge in [0.2, 0.25) is 5.91 Å². The topological polar surface area (TPSA) is 87.5 Å². The molecule has 4 N–H and O–H groups in total. The summed E-state index contributed by atoms with van der Waals surface area (Å²) in [5.74, 6) is 0.667. The number of nitrogens with two attached hydrogens (primary N) is 1. The quantitative estimate of drug-likeness (QED) is 0.773. The monoisotopic (exact) mass is 358 g/mol. The second-order valence-corrected chi connectivity index (χ2v) is 7.76. The number of amides is 3. The van der Waals surface area contributed by atoms with E-state index in [1.54, 1.807) is 0 Å². The molecule has 0 bridgehead atoms. The van der Waals surface area contributed by atoms with Gasteiger partial charge in [-0.2, -0.15) is 0 Å². The number of benzene rings is 1. The van der Waals surface area contributed by atoms with Gasteiger partial charge in [0.05, 0.1) is 0 Å². The zero-order valence-electron chi connectivity index (χ0n) is 15.5. The summed E-state index contributed by atoms with van der Waals surface area (Å²) in [6.07, 6.45) is 4.72. The normalized spacial score (nSPS) is 25.8. The molecule has 2 aliphatic rings. The molecule has 1 aromatic rings. The molecule has 1 aliphatic carbocycles. The molecule has 3 amide bonds. The number of aryl methyl sites for hydroxylation is 1. The van der Waals surface area contributed by atoms with E-state index in [4.69, 9.17) is 5.73 Å². The van der Waals surface area contributed by atoms with Crippen molar-refractivity contribution in [2.45, 2.75) is 45.1 Å². The molecule has 1 aliphatic heterocycles. The zero-order chi connectivity index (χ0) is 18.5. The highest BCUT2D eigenvalue weighted by Crippen LogP contribution is 2.28. The maximum atomic E-state index is 12.7. The Morgan fingerprint density at radius 1 is 1.19 bits per heavy atom. The number of urea groups is 1. The standard InChI is InChI=1S/C20H30N4O2/c1-14-4-8-18(9-5-14)23-20(26)22-12-15-3-2-10-24(13-15)19(25)16-6-7-17(21)11-16/h4-5,8-9,15-17H,2-3,6-7,10-13,21H2,1H3,(H2,22,23,26). The maximum Gasteiger partial charge on any atom is 0.319 e. The Morgan fingerprint density at radius 3 is 2.65 bits per heavy atom.